The fourth-order valence-electron chi connectivity index (χ4n) is 2.89. The molecule has 3 rings (SSSR count). The molecule has 0 saturated heterocycles. The van der Waals surface area contributed by atoms with E-state index in [0.717, 1.165) is 11.3 Å². The van der Waals surface area contributed by atoms with Gasteiger partial charge in [0, 0.05) is 12.6 Å². The molecular formula is C23H26N2O5S. The lowest BCUT2D eigenvalue weighted by molar-refractivity contribution is 0.0919. The number of carbonyl (C=O) groups is 1. The molecule has 8 heteroatoms. The van der Waals surface area contributed by atoms with Gasteiger partial charge in [0.05, 0.1) is 5.75 Å². The van der Waals surface area contributed by atoms with Crippen LogP contribution in [-0.2, 0) is 28.9 Å². The molecular weight excluding hydrogens is 416 g/mol. The molecule has 1 amide bonds. The lowest BCUT2D eigenvalue weighted by Crippen LogP contribution is -2.31. The molecule has 0 bridgehead atoms. The van der Waals surface area contributed by atoms with Crippen molar-refractivity contribution in [2.24, 2.45) is 0 Å². The summed E-state index contributed by atoms with van der Waals surface area (Å²) in [7, 11) is -3.37. The number of ether oxygens (including phenoxy) is 1. The third-order valence-corrected chi connectivity index (χ3v) is 5.80. The van der Waals surface area contributed by atoms with Gasteiger partial charge in [0.1, 0.15) is 18.1 Å². The zero-order valence-electron chi connectivity index (χ0n) is 17.5. The van der Waals surface area contributed by atoms with E-state index >= 15 is 0 Å². The highest BCUT2D eigenvalue weighted by atomic mass is 32.2. The van der Waals surface area contributed by atoms with Crippen molar-refractivity contribution < 1.29 is 22.4 Å². The van der Waals surface area contributed by atoms with Gasteiger partial charge >= 0.3 is 0 Å². The summed E-state index contributed by atoms with van der Waals surface area (Å²) in [6, 6.07) is 19.6. The van der Waals surface area contributed by atoms with E-state index in [2.05, 4.69) is 10.0 Å². The van der Waals surface area contributed by atoms with E-state index in [9.17, 15) is 13.2 Å². The van der Waals surface area contributed by atoms with Crippen LogP contribution in [0.5, 0.6) is 5.75 Å². The molecule has 1 aromatic heterocycles. The van der Waals surface area contributed by atoms with Crippen molar-refractivity contribution in [3.05, 3.63) is 89.4 Å². The predicted molar refractivity (Wildman–Crippen MR) is 118 cm³/mol. The van der Waals surface area contributed by atoms with Gasteiger partial charge in [-0.05, 0) is 49.2 Å². The number of amides is 1. The van der Waals surface area contributed by atoms with Gasteiger partial charge in [0.2, 0.25) is 10.0 Å². The average Bonchev–Trinajstić information content (AvgIpc) is 3.20. The van der Waals surface area contributed by atoms with E-state index in [4.69, 9.17) is 9.15 Å². The predicted octanol–water partition coefficient (Wildman–Crippen LogP) is 3.62. The van der Waals surface area contributed by atoms with E-state index in [1.165, 1.54) is 0 Å². The molecule has 3 aromatic rings. The standard InChI is InChI=1S/C23H26N2O5S/c1-17(2)25-31(27,28)16-19-10-8-18(9-11-19)14-24-23(26)22-13-12-21(30-22)15-29-20-6-4-3-5-7-20/h3-13,17,25H,14-16H2,1-2H3,(H,24,26). The zero-order chi connectivity index (χ0) is 22.3. The smallest absolute Gasteiger partial charge is 0.287 e. The van der Waals surface area contributed by atoms with Crippen molar-refractivity contribution in [3.8, 4) is 5.75 Å². The molecule has 0 radical (unpaired) electrons. The summed E-state index contributed by atoms with van der Waals surface area (Å²) in [4.78, 5) is 12.3. The second kappa shape index (κ2) is 10.3. The number of rotatable bonds is 10. The highest BCUT2D eigenvalue weighted by Gasteiger charge is 2.14. The molecule has 0 saturated carbocycles. The summed E-state index contributed by atoms with van der Waals surface area (Å²) in [5.74, 6) is 1.06. The Balaban J connectivity index is 1.49. The maximum Gasteiger partial charge on any atom is 0.287 e. The molecule has 2 aromatic carbocycles. The molecule has 31 heavy (non-hydrogen) atoms. The zero-order valence-corrected chi connectivity index (χ0v) is 18.3. The van der Waals surface area contributed by atoms with E-state index in [-0.39, 0.29) is 30.1 Å². The monoisotopic (exact) mass is 442 g/mol. The SMILES string of the molecule is CC(C)NS(=O)(=O)Cc1ccc(CNC(=O)c2ccc(COc3ccccc3)o2)cc1. The van der Waals surface area contributed by atoms with Crippen LogP contribution in [0.3, 0.4) is 0 Å². The van der Waals surface area contributed by atoms with Crippen LogP contribution in [0.1, 0.15) is 41.3 Å². The van der Waals surface area contributed by atoms with Crippen LogP contribution in [0.4, 0.5) is 0 Å². The molecule has 0 aliphatic rings. The molecule has 0 aliphatic heterocycles. The lowest BCUT2D eigenvalue weighted by atomic mass is 10.1. The number of carbonyl (C=O) groups excluding carboxylic acids is 1. The van der Waals surface area contributed by atoms with Crippen molar-refractivity contribution in [1.29, 1.82) is 0 Å². The van der Waals surface area contributed by atoms with E-state index in [0.29, 0.717) is 17.9 Å². The second-order valence-electron chi connectivity index (χ2n) is 7.40. The van der Waals surface area contributed by atoms with Gasteiger partial charge in [0.25, 0.3) is 5.91 Å². The van der Waals surface area contributed by atoms with Crippen LogP contribution in [0.25, 0.3) is 0 Å². The Bertz CT molecular complexity index is 1090. The Morgan fingerprint density at radius 3 is 2.32 bits per heavy atom. The number of hydrogen-bond donors (Lipinski definition) is 2. The Hall–Kier alpha value is -3.10. The third kappa shape index (κ3) is 7.27. The number of nitrogens with one attached hydrogen (secondary N) is 2. The summed E-state index contributed by atoms with van der Waals surface area (Å²) in [6.45, 7) is 4.09. The first-order valence-corrected chi connectivity index (χ1v) is 11.6. The molecule has 0 fully saturated rings. The normalized spacial score (nSPS) is 11.5. The summed E-state index contributed by atoms with van der Waals surface area (Å²) < 4.78 is 37.7. The first-order valence-electron chi connectivity index (χ1n) is 9.93. The van der Waals surface area contributed by atoms with E-state index in [1.807, 2.05) is 30.3 Å². The topological polar surface area (TPSA) is 97.6 Å². The molecule has 0 aliphatic carbocycles. The van der Waals surface area contributed by atoms with Gasteiger partial charge in [-0.2, -0.15) is 0 Å². The Labute approximate surface area is 182 Å². The summed E-state index contributed by atoms with van der Waals surface area (Å²) in [5, 5.41) is 2.79. The minimum atomic E-state index is -3.37. The minimum absolute atomic E-state index is 0.0853. The summed E-state index contributed by atoms with van der Waals surface area (Å²) >= 11 is 0. The first-order chi connectivity index (χ1) is 14.8. The average molecular weight is 443 g/mol. The van der Waals surface area contributed by atoms with Gasteiger partial charge in [-0.3, -0.25) is 4.79 Å². The van der Waals surface area contributed by atoms with Crippen molar-refractivity contribution in [2.45, 2.75) is 38.8 Å². The first kappa shape index (κ1) is 22.6. The molecule has 7 nitrogen and oxygen atoms in total. The van der Waals surface area contributed by atoms with Crippen molar-refractivity contribution in [3.63, 3.8) is 0 Å². The largest absolute Gasteiger partial charge is 0.486 e. The van der Waals surface area contributed by atoms with Crippen molar-refractivity contribution in [2.75, 3.05) is 0 Å². The molecule has 0 atom stereocenters. The minimum Gasteiger partial charge on any atom is -0.486 e. The highest BCUT2D eigenvalue weighted by Crippen LogP contribution is 2.14. The Morgan fingerprint density at radius 2 is 1.65 bits per heavy atom. The fourth-order valence-corrected chi connectivity index (χ4v) is 4.32. The van der Waals surface area contributed by atoms with Crippen molar-refractivity contribution in [1.82, 2.24) is 10.0 Å². The maximum atomic E-state index is 12.3. The van der Waals surface area contributed by atoms with Crippen LogP contribution < -0.4 is 14.8 Å². The number of furan rings is 1. The van der Waals surface area contributed by atoms with Crippen molar-refractivity contribution >= 4 is 15.9 Å². The lowest BCUT2D eigenvalue weighted by Gasteiger charge is -2.10. The van der Waals surface area contributed by atoms with Gasteiger partial charge in [-0.15, -0.1) is 0 Å². The summed E-state index contributed by atoms with van der Waals surface area (Å²) in [5.41, 5.74) is 1.53. The Kier molecular flexibility index (Phi) is 7.49. The molecule has 0 spiro atoms. The maximum absolute atomic E-state index is 12.3. The van der Waals surface area contributed by atoms with Gasteiger partial charge < -0.3 is 14.5 Å². The highest BCUT2D eigenvalue weighted by molar-refractivity contribution is 7.88. The van der Waals surface area contributed by atoms with E-state index < -0.39 is 10.0 Å². The number of para-hydroxylation sites is 1. The van der Waals surface area contributed by atoms with Gasteiger partial charge in [-0.1, -0.05) is 42.5 Å². The van der Waals surface area contributed by atoms with Crippen LogP contribution in [0, 0.1) is 0 Å². The van der Waals surface area contributed by atoms with Gasteiger partial charge in [0.15, 0.2) is 5.76 Å². The van der Waals surface area contributed by atoms with Crippen LogP contribution in [0.2, 0.25) is 0 Å². The quantitative estimate of drug-likeness (QED) is 0.500. The van der Waals surface area contributed by atoms with Crippen LogP contribution in [0.15, 0.2) is 71.1 Å². The van der Waals surface area contributed by atoms with Crippen LogP contribution in [-0.4, -0.2) is 20.4 Å². The Morgan fingerprint density at radius 1 is 0.968 bits per heavy atom. The van der Waals surface area contributed by atoms with Crippen LogP contribution >= 0.6 is 0 Å². The van der Waals surface area contributed by atoms with Gasteiger partial charge in [-0.25, -0.2) is 13.1 Å². The third-order valence-electron chi connectivity index (χ3n) is 4.26. The number of sulfonamides is 1. The fraction of sp³-hybridized carbons (Fsp3) is 0.261. The molecule has 0 unspecified atom stereocenters. The number of hydrogen-bond acceptors (Lipinski definition) is 5. The van der Waals surface area contributed by atoms with E-state index in [1.54, 1.807) is 50.2 Å². The molecule has 164 valence electrons. The number of benzene rings is 2. The second-order valence-corrected chi connectivity index (χ2v) is 9.15. The molecule has 2 N–H and O–H groups in total. The molecule has 1 heterocycles. The summed E-state index contributed by atoms with van der Waals surface area (Å²) in [6.07, 6.45) is 0.